The molecule has 0 amide bonds. The second kappa shape index (κ2) is 5.86. The molecule has 0 aliphatic carbocycles. The summed E-state index contributed by atoms with van der Waals surface area (Å²) in [6.45, 7) is 2.19. The molecular formula is C15H17N5O4. The van der Waals surface area contributed by atoms with Gasteiger partial charge < -0.3 is 19.8 Å². The summed E-state index contributed by atoms with van der Waals surface area (Å²) in [5.74, 6) is 0. The Bertz CT molecular complexity index is 834. The van der Waals surface area contributed by atoms with Crippen molar-refractivity contribution in [3.8, 4) is 0 Å². The van der Waals surface area contributed by atoms with Gasteiger partial charge in [0.05, 0.1) is 12.2 Å². The van der Waals surface area contributed by atoms with E-state index in [-0.39, 0.29) is 0 Å². The minimum absolute atomic E-state index is 0.318. The highest BCUT2D eigenvalue weighted by atomic mass is 16.8. The third kappa shape index (κ3) is 2.52. The Kier molecular flexibility index (Phi) is 3.68. The molecule has 0 unspecified atom stereocenters. The molecule has 24 heavy (non-hydrogen) atoms. The van der Waals surface area contributed by atoms with Crippen LogP contribution in [0.5, 0.6) is 0 Å². The fraction of sp³-hybridized carbons (Fsp3) is 0.400. The second-order valence-electron chi connectivity index (χ2n) is 5.70. The Morgan fingerprint density at radius 1 is 1.25 bits per heavy atom. The lowest BCUT2D eigenvalue weighted by Crippen LogP contribution is -2.38. The van der Waals surface area contributed by atoms with Gasteiger partial charge in [-0.25, -0.2) is 9.97 Å². The van der Waals surface area contributed by atoms with Crippen LogP contribution in [0.2, 0.25) is 0 Å². The third-order valence-electron chi connectivity index (χ3n) is 4.11. The average Bonchev–Trinajstić information content (AvgIpc) is 3.27. The number of aliphatic hydroxyl groups excluding tert-OH is 2. The fourth-order valence-corrected chi connectivity index (χ4v) is 2.80. The molecule has 1 saturated heterocycles. The van der Waals surface area contributed by atoms with Crippen LogP contribution < -0.4 is 4.84 Å². The summed E-state index contributed by atoms with van der Waals surface area (Å²) in [7, 11) is 0. The Labute approximate surface area is 137 Å². The van der Waals surface area contributed by atoms with Gasteiger partial charge in [-0.15, -0.1) is 0 Å². The predicted octanol–water partition coefficient (Wildman–Crippen LogP) is -0.488. The van der Waals surface area contributed by atoms with E-state index in [9.17, 15) is 10.2 Å². The van der Waals surface area contributed by atoms with Crippen molar-refractivity contribution in [1.29, 1.82) is 0 Å². The van der Waals surface area contributed by atoms with E-state index in [4.69, 9.17) is 9.57 Å². The van der Waals surface area contributed by atoms with E-state index >= 15 is 0 Å². The third-order valence-corrected chi connectivity index (χ3v) is 4.11. The minimum Gasteiger partial charge on any atom is -0.387 e. The molecule has 4 rings (SSSR count). The van der Waals surface area contributed by atoms with Gasteiger partial charge in [0.15, 0.2) is 5.65 Å². The lowest BCUT2D eigenvalue weighted by Gasteiger charge is -2.17. The van der Waals surface area contributed by atoms with Crippen molar-refractivity contribution in [1.82, 2.24) is 24.5 Å². The van der Waals surface area contributed by atoms with Crippen LogP contribution in [-0.2, 0) is 11.3 Å². The molecule has 1 aliphatic rings. The predicted molar refractivity (Wildman–Crippen MR) is 81.7 cm³/mol. The second-order valence-corrected chi connectivity index (χ2v) is 5.70. The van der Waals surface area contributed by atoms with Crippen molar-refractivity contribution in [2.24, 2.45) is 0 Å². The molecule has 3 aromatic heterocycles. The van der Waals surface area contributed by atoms with Gasteiger partial charge in [-0.05, 0) is 19.1 Å². The van der Waals surface area contributed by atoms with E-state index in [0.717, 1.165) is 11.1 Å². The Balaban J connectivity index is 1.52. The maximum absolute atomic E-state index is 10.2. The van der Waals surface area contributed by atoms with E-state index in [1.165, 1.54) is 11.1 Å². The number of ether oxygens (including phenoxy) is 1. The smallest absolute Gasteiger partial charge is 0.254 e. The summed E-state index contributed by atoms with van der Waals surface area (Å²) in [6.07, 6.45) is 2.64. The zero-order valence-electron chi connectivity index (χ0n) is 12.9. The van der Waals surface area contributed by atoms with Gasteiger partial charge in [0.1, 0.15) is 24.6 Å². The normalized spacial score (nSPS) is 27.0. The van der Waals surface area contributed by atoms with Crippen LogP contribution in [0.3, 0.4) is 0 Å². The van der Waals surface area contributed by atoms with Crippen LogP contribution in [0.4, 0.5) is 0 Å². The highest BCUT2D eigenvalue weighted by Crippen LogP contribution is 2.23. The molecule has 9 nitrogen and oxygen atoms in total. The van der Waals surface area contributed by atoms with E-state index in [0.29, 0.717) is 12.2 Å². The maximum Gasteiger partial charge on any atom is 0.254 e. The SMILES string of the molecule is Cc1ncnc2c1ccn2O[C@H]1O[C@H](Cn2cccn2)[C@@H](O)[C@H]1O. The molecule has 0 radical (unpaired) electrons. The Morgan fingerprint density at radius 2 is 2.12 bits per heavy atom. The van der Waals surface area contributed by atoms with Crippen LogP contribution >= 0.6 is 0 Å². The van der Waals surface area contributed by atoms with Gasteiger partial charge in [-0.1, -0.05) is 0 Å². The van der Waals surface area contributed by atoms with Gasteiger partial charge in [-0.2, -0.15) is 9.83 Å². The van der Waals surface area contributed by atoms with E-state index < -0.39 is 24.6 Å². The molecular weight excluding hydrogens is 314 g/mol. The van der Waals surface area contributed by atoms with Crippen LogP contribution in [0.25, 0.3) is 11.0 Å². The molecule has 0 aromatic carbocycles. The largest absolute Gasteiger partial charge is 0.387 e. The average molecular weight is 331 g/mol. The van der Waals surface area contributed by atoms with Crippen LogP contribution in [0.1, 0.15) is 5.69 Å². The lowest BCUT2D eigenvalue weighted by molar-refractivity contribution is -0.166. The van der Waals surface area contributed by atoms with E-state index in [2.05, 4.69) is 15.1 Å². The topological polar surface area (TPSA) is 107 Å². The highest BCUT2D eigenvalue weighted by Gasteiger charge is 2.45. The summed E-state index contributed by atoms with van der Waals surface area (Å²) >= 11 is 0. The van der Waals surface area contributed by atoms with Gasteiger partial charge in [0.2, 0.25) is 0 Å². The Morgan fingerprint density at radius 3 is 2.92 bits per heavy atom. The zero-order valence-corrected chi connectivity index (χ0v) is 12.9. The van der Waals surface area contributed by atoms with Gasteiger partial charge in [0.25, 0.3) is 6.29 Å². The molecule has 4 heterocycles. The van der Waals surface area contributed by atoms with Crippen molar-refractivity contribution in [2.45, 2.75) is 38.1 Å². The molecule has 3 aromatic rings. The number of aromatic nitrogens is 5. The van der Waals surface area contributed by atoms with Crippen LogP contribution in [-0.4, -0.2) is 59.3 Å². The fourth-order valence-electron chi connectivity index (χ4n) is 2.80. The quantitative estimate of drug-likeness (QED) is 0.664. The molecule has 9 heteroatoms. The Hall–Kier alpha value is -2.49. The van der Waals surface area contributed by atoms with Crippen molar-refractivity contribution >= 4 is 11.0 Å². The van der Waals surface area contributed by atoms with Crippen molar-refractivity contribution in [3.63, 3.8) is 0 Å². The molecule has 2 N–H and O–H groups in total. The first-order valence-electron chi connectivity index (χ1n) is 7.58. The molecule has 1 fully saturated rings. The van der Waals surface area contributed by atoms with Crippen molar-refractivity contribution in [2.75, 3.05) is 0 Å². The molecule has 1 aliphatic heterocycles. The molecule has 0 saturated carbocycles. The zero-order chi connectivity index (χ0) is 16.7. The number of aliphatic hydroxyl groups is 2. The first-order chi connectivity index (χ1) is 11.6. The monoisotopic (exact) mass is 331 g/mol. The summed E-state index contributed by atoms with van der Waals surface area (Å²) in [5.41, 5.74) is 1.40. The first kappa shape index (κ1) is 15.1. The number of rotatable bonds is 4. The van der Waals surface area contributed by atoms with Crippen LogP contribution in [0, 0.1) is 6.92 Å². The van der Waals surface area contributed by atoms with Crippen molar-refractivity contribution < 1.29 is 19.8 Å². The highest BCUT2D eigenvalue weighted by molar-refractivity contribution is 5.77. The number of hydrogen-bond acceptors (Lipinski definition) is 7. The lowest BCUT2D eigenvalue weighted by atomic mass is 10.1. The summed E-state index contributed by atoms with van der Waals surface area (Å²) in [5, 5.41) is 25.3. The molecule has 4 atom stereocenters. The van der Waals surface area contributed by atoms with Gasteiger partial charge in [0, 0.05) is 24.0 Å². The van der Waals surface area contributed by atoms with Gasteiger partial charge >= 0.3 is 0 Å². The maximum atomic E-state index is 10.2. The standard InChI is InChI=1S/C15H17N5O4/c1-9-10-3-6-20(14(10)17-8-16-9)24-15-13(22)12(21)11(23-15)7-19-5-2-4-18-19/h2-6,8,11-13,15,21-22H,7H2,1H3/t11-,12-,13-,15-/m1/s1. The summed E-state index contributed by atoms with van der Waals surface area (Å²) in [6, 6.07) is 3.60. The number of aryl methyl sites for hydroxylation is 1. The van der Waals surface area contributed by atoms with Gasteiger partial charge in [-0.3, -0.25) is 4.68 Å². The number of hydrogen-bond donors (Lipinski definition) is 2. The van der Waals surface area contributed by atoms with Crippen LogP contribution in [0.15, 0.2) is 37.1 Å². The number of nitrogens with zero attached hydrogens (tertiary/aromatic N) is 5. The molecule has 0 spiro atoms. The first-order valence-corrected chi connectivity index (χ1v) is 7.58. The summed E-state index contributed by atoms with van der Waals surface area (Å²) in [4.78, 5) is 14.0. The summed E-state index contributed by atoms with van der Waals surface area (Å²) < 4.78 is 8.71. The minimum atomic E-state index is -1.18. The van der Waals surface area contributed by atoms with Crippen molar-refractivity contribution in [3.05, 3.63) is 42.7 Å². The molecule has 0 bridgehead atoms. The number of fused-ring (bicyclic) bond motifs is 1. The van der Waals surface area contributed by atoms with E-state index in [1.54, 1.807) is 29.3 Å². The molecule has 126 valence electrons. The van der Waals surface area contributed by atoms with E-state index in [1.807, 2.05) is 13.0 Å².